The van der Waals surface area contributed by atoms with Gasteiger partial charge in [0.1, 0.15) is 5.54 Å². The number of alkyl halides is 2. The Morgan fingerprint density at radius 2 is 1.88 bits per heavy atom. The zero-order valence-corrected chi connectivity index (χ0v) is 19.5. The van der Waals surface area contributed by atoms with Gasteiger partial charge in [-0.1, -0.05) is 22.0 Å². The van der Waals surface area contributed by atoms with Gasteiger partial charge in [0.15, 0.2) is 9.84 Å². The molecule has 1 N–H and O–H groups in total. The Morgan fingerprint density at radius 3 is 2.44 bits per heavy atom. The topological polar surface area (TPSA) is 107 Å². The number of hydrogen-bond donors (Lipinski definition) is 1. The Bertz CT molecular complexity index is 1100. The second-order valence-electron chi connectivity index (χ2n) is 8.86. The van der Waals surface area contributed by atoms with Gasteiger partial charge in [-0.3, -0.25) is 9.59 Å². The summed E-state index contributed by atoms with van der Waals surface area (Å²) in [6.45, 7) is -0.871. The Labute approximate surface area is 193 Å². The molecular weight excluding hydrogens is 508 g/mol. The molecule has 3 atom stereocenters. The van der Waals surface area contributed by atoms with Gasteiger partial charge in [0.2, 0.25) is 11.8 Å². The lowest BCUT2D eigenvalue weighted by Crippen LogP contribution is -2.45. The van der Waals surface area contributed by atoms with Crippen LogP contribution in [0.25, 0.3) is 0 Å². The second-order valence-corrected chi connectivity index (χ2v) is 12.0. The van der Waals surface area contributed by atoms with Gasteiger partial charge in [0.05, 0.1) is 34.6 Å². The van der Waals surface area contributed by atoms with E-state index in [-0.39, 0.29) is 24.3 Å². The average molecular weight is 530 g/mol. The minimum absolute atomic E-state index is 0.0625. The summed E-state index contributed by atoms with van der Waals surface area (Å²) in [5.74, 6) is -6.23. The quantitative estimate of drug-likeness (QED) is 0.630. The van der Waals surface area contributed by atoms with Crippen molar-refractivity contribution >= 4 is 37.6 Å². The fourth-order valence-electron chi connectivity index (χ4n) is 4.52. The summed E-state index contributed by atoms with van der Waals surface area (Å²) in [4.78, 5) is 27.2. The molecule has 32 heavy (non-hydrogen) atoms. The van der Waals surface area contributed by atoms with E-state index in [9.17, 15) is 32.0 Å². The highest BCUT2D eigenvalue weighted by molar-refractivity contribution is 9.10. The molecule has 2 saturated carbocycles. The molecule has 0 aromatic heterocycles. The number of nitrogens with one attached hydrogen (secondary N) is 1. The summed E-state index contributed by atoms with van der Waals surface area (Å²) in [7, 11) is -3.87. The van der Waals surface area contributed by atoms with Gasteiger partial charge in [-0.2, -0.15) is 5.26 Å². The summed E-state index contributed by atoms with van der Waals surface area (Å²) >= 11 is 3.25. The van der Waals surface area contributed by atoms with Crippen LogP contribution in [0.1, 0.15) is 32.1 Å². The van der Waals surface area contributed by atoms with Crippen LogP contribution >= 0.6 is 15.9 Å². The van der Waals surface area contributed by atoms with Gasteiger partial charge >= 0.3 is 0 Å². The molecule has 1 aromatic carbocycles. The predicted octanol–water partition coefficient (Wildman–Crippen LogP) is 2.66. The van der Waals surface area contributed by atoms with E-state index >= 15 is 0 Å². The maximum absolute atomic E-state index is 13.7. The maximum atomic E-state index is 13.7. The first-order valence-electron chi connectivity index (χ1n) is 10.4. The van der Waals surface area contributed by atoms with Crippen LogP contribution in [0.5, 0.6) is 0 Å². The minimum atomic E-state index is -3.87. The molecule has 3 fully saturated rings. The molecular formula is C21H22BrF2N3O4S. The highest BCUT2D eigenvalue weighted by Crippen LogP contribution is 2.42. The zero-order valence-electron chi connectivity index (χ0n) is 17.1. The van der Waals surface area contributed by atoms with E-state index in [0.29, 0.717) is 17.3 Å². The summed E-state index contributed by atoms with van der Waals surface area (Å²) in [5, 5.41) is 10.9. The number of carbonyl (C=O) groups is 2. The Balaban J connectivity index is 1.61. The van der Waals surface area contributed by atoms with E-state index in [2.05, 4.69) is 21.2 Å². The number of carbonyl (C=O) groups excluding carboxylic acids is 2. The number of halogens is 3. The van der Waals surface area contributed by atoms with Crippen LogP contribution < -0.4 is 5.32 Å². The number of sulfone groups is 1. The van der Waals surface area contributed by atoms with Crippen LogP contribution in [0.2, 0.25) is 0 Å². The van der Waals surface area contributed by atoms with Crippen molar-refractivity contribution in [3.63, 3.8) is 0 Å². The van der Waals surface area contributed by atoms with Crippen molar-refractivity contribution in [1.29, 1.82) is 5.26 Å². The van der Waals surface area contributed by atoms with E-state index in [0.717, 1.165) is 4.90 Å². The number of likely N-dealkylation sites (tertiary alicyclic amines) is 1. The summed E-state index contributed by atoms with van der Waals surface area (Å²) in [6, 6.07) is 8.20. The SMILES string of the molecule is N#CC1(NC(=O)[C@@H]2C[C@@H](S(=O)(=O)c3cccc(Br)c3)C[C@H]2C(=O)N2CCC(F)(F)C2)CC1. The van der Waals surface area contributed by atoms with Crippen LogP contribution in [-0.2, 0) is 19.4 Å². The molecule has 7 nitrogen and oxygen atoms in total. The first kappa shape index (κ1) is 23.1. The molecule has 0 radical (unpaired) electrons. The van der Waals surface area contributed by atoms with Crippen molar-refractivity contribution in [1.82, 2.24) is 10.2 Å². The lowest BCUT2D eigenvalue weighted by Gasteiger charge is -2.24. The van der Waals surface area contributed by atoms with Crippen molar-refractivity contribution in [2.24, 2.45) is 11.8 Å². The largest absolute Gasteiger partial charge is 0.338 e. The standard InChI is InChI=1S/C21H22BrF2N3O4S/c22-13-2-1-3-14(8-13)32(30,31)15-9-16(18(28)26-20(11-25)4-5-20)17(10-15)19(29)27-7-6-21(23,24)12-27/h1-3,8,15-17H,4-7,9-10,12H2,(H,26,28)/t15-,16-,17-/m1/s1. The first-order valence-corrected chi connectivity index (χ1v) is 12.7. The van der Waals surface area contributed by atoms with Gasteiger partial charge in [0.25, 0.3) is 5.92 Å². The highest BCUT2D eigenvalue weighted by atomic mass is 79.9. The third-order valence-corrected chi connectivity index (χ3v) is 9.21. The van der Waals surface area contributed by atoms with E-state index < -0.39 is 63.2 Å². The fourth-order valence-corrected chi connectivity index (χ4v) is 6.94. The smallest absolute Gasteiger partial charge is 0.267 e. The molecule has 1 saturated heterocycles. The predicted molar refractivity (Wildman–Crippen MR) is 113 cm³/mol. The number of nitrogens with zero attached hydrogens (tertiary/aromatic N) is 2. The van der Waals surface area contributed by atoms with Crippen molar-refractivity contribution in [2.45, 2.75) is 53.7 Å². The van der Waals surface area contributed by atoms with E-state index in [1.165, 1.54) is 12.1 Å². The van der Waals surface area contributed by atoms with Gasteiger partial charge < -0.3 is 10.2 Å². The number of amides is 2. The lowest BCUT2D eigenvalue weighted by atomic mass is 9.93. The third kappa shape index (κ3) is 4.39. The molecule has 1 aromatic rings. The number of rotatable bonds is 5. The molecule has 4 rings (SSSR count). The highest BCUT2D eigenvalue weighted by Gasteiger charge is 2.53. The molecule has 0 spiro atoms. The molecule has 3 aliphatic rings. The van der Waals surface area contributed by atoms with Crippen LogP contribution in [-0.4, -0.2) is 54.9 Å². The lowest BCUT2D eigenvalue weighted by molar-refractivity contribution is -0.141. The van der Waals surface area contributed by atoms with Gasteiger partial charge in [-0.15, -0.1) is 0 Å². The maximum Gasteiger partial charge on any atom is 0.267 e. The van der Waals surface area contributed by atoms with Crippen LogP contribution in [0.15, 0.2) is 33.6 Å². The number of benzene rings is 1. The van der Waals surface area contributed by atoms with Crippen molar-refractivity contribution in [3.8, 4) is 6.07 Å². The monoisotopic (exact) mass is 529 g/mol. The Morgan fingerprint density at radius 1 is 1.19 bits per heavy atom. The van der Waals surface area contributed by atoms with Crippen molar-refractivity contribution in [2.75, 3.05) is 13.1 Å². The third-order valence-electron chi connectivity index (χ3n) is 6.54. The van der Waals surface area contributed by atoms with Crippen molar-refractivity contribution in [3.05, 3.63) is 28.7 Å². The van der Waals surface area contributed by atoms with Crippen LogP contribution in [0.3, 0.4) is 0 Å². The first-order chi connectivity index (χ1) is 15.0. The van der Waals surface area contributed by atoms with E-state index in [1.54, 1.807) is 12.1 Å². The summed E-state index contributed by atoms with van der Waals surface area (Å²) in [5.41, 5.74) is -0.980. The van der Waals surface area contributed by atoms with Crippen molar-refractivity contribution < 1.29 is 26.8 Å². The summed E-state index contributed by atoms with van der Waals surface area (Å²) < 4.78 is 54.5. The molecule has 2 amide bonds. The second kappa shape index (κ2) is 8.06. The van der Waals surface area contributed by atoms with Crippen LogP contribution in [0.4, 0.5) is 8.78 Å². The molecule has 2 aliphatic carbocycles. The average Bonchev–Trinajstić information content (AvgIpc) is 3.19. The molecule has 0 bridgehead atoms. The molecule has 1 aliphatic heterocycles. The van der Waals surface area contributed by atoms with Gasteiger partial charge in [-0.25, -0.2) is 17.2 Å². The molecule has 1 heterocycles. The molecule has 11 heteroatoms. The van der Waals surface area contributed by atoms with E-state index in [1.807, 2.05) is 6.07 Å². The van der Waals surface area contributed by atoms with E-state index in [4.69, 9.17) is 0 Å². The molecule has 172 valence electrons. The van der Waals surface area contributed by atoms with Gasteiger partial charge in [-0.05, 0) is 43.9 Å². The number of hydrogen-bond acceptors (Lipinski definition) is 5. The van der Waals surface area contributed by atoms with Crippen LogP contribution in [0, 0.1) is 23.2 Å². The number of nitriles is 1. The Kier molecular flexibility index (Phi) is 5.82. The summed E-state index contributed by atoms with van der Waals surface area (Å²) in [6.07, 6.45) is 0.271. The van der Waals surface area contributed by atoms with Gasteiger partial charge in [0, 0.05) is 17.4 Å². The Hall–Kier alpha value is -2.06. The molecule has 0 unspecified atom stereocenters. The fraction of sp³-hybridized carbons (Fsp3) is 0.571. The zero-order chi connectivity index (χ0) is 23.3. The minimum Gasteiger partial charge on any atom is -0.338 e. The normalized spacial score (nSPS) is 28.2.